The summed E-state index contributed by atoms with van der Waals surface area (Å²) in [6.45, 7) is 5.66. The Kier molecular flexibility index (Phi) is 3.74. The number of nitrogens with zero attached hydrogens (tertiary/aromatic N) is 3. The maximum absolute atomic E-state index is 9.53. The molecule has 2 aromatic heterocycles. The van der Waals surface area contributed by atoms with Gasteiger partial charge in [-0.3, -0.25) is 4.68 Å². The maximum Gasteiger partial charge on any atom is 0.0702 e. The van der Waals surface area contributed by atoms with E-state index in [2.05, 4.69) is 22.7 Å². The summed E-state index contributed by atoms with van der Waals surface area (Å²) in [5.74, 6) is 0. The van der Waals surface area contributed by atoms with Crippen LogP contribution in [0.1, 0.15) is 23.9 Å². The number of hydrogen-bond acceptors (Lipinski definition) is 2. The smallest absolute Gasteiger partial charge is 0.0702 e. The second-order valence-corrected chi connectivity index (χ2v) is 5.63. The van der Waals surface area contributed by atoms with Crippen LogP contribution in [0.2, 0.25) is 5.02 Å². The van der Waals surface area contributed by atoms with Gasteiger partial charge in [0.25, 0.3) is 0 Å². The Balaban J connectivity index is 2.09. The van der Waals surface area contributed by atoms with Gasteiger partial charge in [-0.15, -0.1) is 0 Å². The van der Waals surface area contributed by atoms with Crippen LogP contribution in [-0.2, 0) is 19.7 Å². The van der Waals surface area contributed by atoms with Gasteiger partial charge in [-0.2, -0.15) is 5.10 Å². The molecule has 110 valence electrons. The van der Waals surface area contributed by atoms with Gasteiger partial charge in [0.1, 0.15) is 0 Å². The average Bonchev–Trinajstić information content (AvgIpc) is 2.99. The third kappa shape index (κ3) is 2.57. The number of aromatic nitrogens is 3. The van der Waals surface area contributed by atoms with Gasteiger partial charge in [0, 0.05) is 28.7 Å². The molecule has 1 aromatic carbocycles. The highest BCUT2D eigenvalue weighted by Crippen LogP contribution is 2.25. The van der Waals surface area contributed by atoms with Gasteiger partial charge in [-0.05, 0) is 32.0 Å². The van der Waals surface area contributed by atoms with E-state index in [-0.39, 0.29) is 6.61 Å². The van der Waals surface area contributed by atoms with Crippen molar-refractivity contribution in [3.8, 4) is 0 Å². The van der Waals surface area contributed by atoms with E-state index < -0.39 is 0 Å². The molecule has 0 saturated heterocycles. The number of hydrogen-bond donors (Lipinski definition) is 1. The zero-order chi connectivity index (χ0) is 15.0. The Morgan fingerprint density at radius 1 is 1.29 bits per heavy atom. The molecule has 0 amide bonds. The van der Waals surface area contributed by atoms with Crippen LogP contribution in [0.3, 0.4) is 0 Å². The molecule has 0 aliphatic heterocycles. The largest absolute Gasteiger partial charge is 0.392 e. The van der Waals surface area contributed by atoms with E-state index in [9.17, 15) is 5.11 Å². The van der Waals surface area contributed by atoms with Crippen molar-refractivity contribution in [1.29, 1.82) is 0 Å². The highest BCUT2D eigenvalue weighted by atomic mass is 35.5. The Morgan fingerprint density at radius 3 is 2.81 bits per heavy atom. The molecule has 4 nitrogen and oxygen atoms in total. The molecule has 0 atom stereocenters. The monoisotopic (exact) mass is 303 g/mol. The van der Waals surface area contributed by atoms with Crippen LogP contribution in [0, 0.1) is 6.92 Å². The summed E-state index contributed by atoms with van der Waals surface area (Å²) in [6.07, 6.45) is 1.99. The minimum atomic E-state index is 0.0250. The Morgan fingerprint density at radius 2 is 2.10 bits per heavy atom. The van der Waals surface area contributed by atoms with Crippen LogP contribution in [-0.4, -0.2) is 19.5 Å². The van der Waals surface area contributed by atoms with Crippen LogP contribution in [0.5, 0.6) is 0 Å². The van der Waals surface area contributed by atoms with Crippen molar-refractivity contribution in [2.24, 2.45) is 0 Å². The number of benzene rings is 1. The van der Waals surface area contributed by atoms with Crippen LogP contribution in [0.25, 0.3) is 10.9 Å². The Bertz CT molecular complexity index is 788. The predicted octanol–water partition coefficient (Wildman–Crippen LogP) is 3.36. The van der Waals surface area contributed by atoms with E-state index >= 15 is 0 Å². The molecule has 3 rings (SSSR count). The van der Waals surface area contributed by atoms with Crippen LogP contribution in [0.15, 0.2) is 30.5 Å². The molecule has 1 N–H and O–H groups in total. The molecule has 5 heteroatoms. The standard InChI is InChI=1S/C16H18ClN3O/c1-3-20-14(6-11(2)18-20)9-19-8-12(10-21)15-5-4-13(17)7-16(15)19/h4-8,21H,3,9-10H2,1-2H3. The molecule has 0 fully saturated rings. The van der Waals surface area contributed by atoms with Gasteiger partial charge in [0.2, 0.25) is 0 Å². The molecule has 0 bridgehead atoms. The van der Waals surface area contributed by atoms with Gasteiger partial charge in [-0.1, -0.05) is 17.7 Å². The Hall–Kier alpha value is -1.78. The first kappa shape index (κ1) is 14.2. The van der Waals surface area contributed by atoms with Gasteiger partial charge in [0.05, 0.1) is 30.1 Å². The fraction of sp³-hybridized carbons (Fsp3) is 0.312. The number of rotatable bonds is 4. The first-order valence-corrected chi connectivity index (χ1v) is 7.41. The predicted molar refractivity (Wildman–Crippen MR) is 84.6 cm³/mol. The number of fused-ring (bicyclic) bond motifs is 1. The van der Waals surface area contributed by atoms with E-state index in [1.165, 1.54) is 0 Å². The molecule has 0 radical (unpaired) electrons. The van der Waals surface area contributed by atoms with E-state index in [4.69, 9.17) is 11.6 Å². The van der Waals surface area contributed by atoms with E-state index in [0.717, 1.165) is 34.4 Å². The molecule has 3 aromatic rings. The lowest BCUT2D eigenvalue weighted by Crippen LogP contribution is -2.07. The number of halogens is 1. The van der Waals surface area contributed by atoms with Crippen molar-refractivity contribution < 1.29 is 5.11 Å². The van der Waals surface area contributed by atoms with Gasteiger partial charge >= 0.3 is 0 Å². The second kappa shape index (κ2) is 5.54. The maximum atomic E-state index is 9.53. The van der Waals surface area contributed by atoms with Gasteiger partial charge in [-0.25, -0.2) is 0 Å². The summed E-state index contributed by atoms with van der Waals surface area (Å²) in [5.41, 5.74) is 4.12. The summed E-state index contributed by atoms with van der Waals surface area (Å²) in [4.78, 5) is 0. The van der Waals surface area contributed by atoms with Gasteiger partial charge < -0.3 is 9.67 Å². The summed E-state index contributed by atoms with van der Waals surface area (Å²) in [7, 11) is 0. The quantitative estimate of drug-likeness (QED) is 0.803. The highest BCUT2D eigenvalue weighted by molar-refractivity contribution is 6.31. The zero-order valence-electron chi connectivity index (χ0n) is 12.2. The van der Waals surface area contributed by atoms with Crippen molar-refractivity contribution in [2.45, 2.75) is 33.5 Å². The molecule has 0 saturated carbocycles. The third-order valence-corrected chi connectivity index (χ3v) is 3.95. The van der Waals surface area contributed by atoms with E-state index in [0.29, 0.717) is 11.6 Å². The van der Waals surface area contributed by atoms with Crippen LogP contribution < -0.4 is 0 Å². The number of aliphatic hydroxyl groups excluding tert-OH is 1. The van der Waals surface area contributed by atoms with E-state index in [1.54, 1.807) is 0 Å². The van der Waals surface area contributed by atoms with Gasteiger partial charge in [0.15, 0.2) is 0 Å². The second-order valence-electron chi connectivity index (χ2n) is 5.19. The fourth-order valence-electron chi connectivity index (χ4n) is 2.77. The molecule has 0 aliphatic carbocycles. The van der Waals surface area contributed by atoms with Crippen molar-refractivity contribution in [1.82, 2.24) is 14.3 Å². The molecule has 0 spiro atoms. The first-order chi connectivity index (χ1) is 10.1. The molecular formula is C16H18ClN3O. The van der Waals surface area contributed by atoms with E-state index in [1.807, 2.05) is 36.0 Å². The highest BCUT2D eigenvalue weighted by Gasteiger charge is 2.11. The summed E-state index contributed by atoms with van der Waals surface area (Å²) in [6, 6.07) is 7.85. The topological polar surface area (TPSA) is 43.0 Å². The lowest BCUT2D eigenvalue weighted by Gasteiger charge is -2.07. The fourth-order valence-corrected chi connectivity index (χ4v) is 2.94. The molecule has 21 heavy (non-hydrogen) atoms. The lowest BCUT2D eigenvalue weighted by molar-refractivity contribution is 0.283. The Labute approximate surface area is 128 Å². The molecule has 0 aliphatic rings. The number of aliphatic hydroxyl groups is 1. The summed E-state index contributed by atoms with van der Waals surface area (Å²) >= 11 is 6.12. The average molecular weight is 304 g/mol. The third-order valence-electron chi connectivity index (χ3n) is 3.71. The summed E-state index contributed by atoms with van der Waals surface area (Å²) < 4.78 is 4.12. The lowest BCUT2D eigenvalue weighted by atomic mass is 10.2. The minimum Gasteiger partial charge on any atom is -0.392 e. The molecular weight excluding hydrogens is 286 g/mol. The van der Waals surface area contributed by atoms with Crippen molar-refractivity contribution in [3.05, 3.63) is 52.4 Å². The molecule has 0 unspecified atom stereocenters. The SMILES string of the molecule is CCn1nc(C)cc1Cn1cc(CO)c2ccc(Cl)cc21. The number of aryl methyl sites for hydroxylation is 2. The van der Waals surface area contributed by atoms with Crippen LogP contribution in [0.4, 0.5) is 0 Å². The minimum absolute atomic E-state index is 0.0250. The van der Waals surface area contributed by atoms with Crippen LogP contribution >= 0.6 is 11.6 Å². The first-order valence-electron chi connectivity index (χ1n) is 7.03. The van der Waals surface area contributed by atoms with Crippen molar-refractivity contribution in [2.75, 3.05) is 0 Å². The molecule has 2 heterocycles. The summed E-state index contributed by atoms with van der Waals surface area (Å²) in [5, 5.41) is 15.7. The van der Waals surface area contributed by atoms with Crippen molar-refractivity contribution >= 4 is 22.5 Å². The van der Waals surface area contributed by atoms with Crippen molar-refractivity contribution in [3.63, 3.8) is 0 Å². The normalized spacial score (nSPS) is 11.4. The zero-order valence-corrected chi connectivity index (χ0v) is 12.9.